The van der Waals surface area contributed by atoms with Gasteiger partial charge in [-0.3, -0.25) is 0 Å². The lowest BCUT2D eigenvalue weighted by molar-refractivity contribution is 0.0970. The van der Waals surface area contributed by atoms with Crippen molar-refractivity contribution in [3.8, 4) is 0 Å². The largest absolute Gasteiger partial charge is 0.393 e. The minimum Gasteiger partial charge on any atom is -0.393 e. The third-order valence-corrected chi connectivity index (χ3v) is 4.53. The second-order valence-corrected chi connectivity index (χ2v) is 6.64. The fourth-order valence-corrected chi connectivity index (χ4v) is 3.16. The third kappa shape index (κ3) is 4.68. The summed E-state index contributed by atoms with van der Waals surface area (Å²) in [5.74, 6) is 0.316. The number of anilines is 1. The molecule has 21 heavy (non-hydrogen) atoms. The third-order valence-electron chi connectivity index (χ3n) is 4.04. The predicted octanol–water partition coefficient (Wildman–Crippen LogP) is 2.39. The number of piperidine rings is 1. The first-order chi connectivity index (χ1) is 10.1. The van der Waals surface area contributed by atoms with Crippen LogP contribution < -0.4 is 10.2 Å². The summed E-state index contributed by atoms with van der Waals surface area (Å²) in [6.45, 7) is 6.33. The van der Waals surface area contributed by atoms with Crippen molar-refractivity contribution in [3.63, 3.8) is 0 Å². The number of nitrogens with zero attached hydrogens (tertiary/aromatic N) is 1. The van der Waals surface area contributed by atoms with Gasteiger partial charge in [-0.15, -0.1) is 0 Å². The molecule has 2 atom stereocenters. The topological polar surface area (TPSA) is 44.7 Å². The van der Waals surface area contributed by atoms with Crippen molar-refractivity contribution < 1.29 is 9.84 Å². The fraction of sp³-hybridized carbons (Fsp3) is 0.625. The number of nitrogens with one attached hydrogen (secondary N) is 1. The van der Waals surface area contributed by atoms with E-state index in [1.807, 2.05) is 0 Å². The van der Waals surface area contributed by atoms with Crippen molar-refractivity contribution in [2.75, 3.05) is 38.3 Å². The smallest absolute Gasteiger partial charge is 0.0599 e. The Morgan fingerprint density at radius 1 is 1.48 bits per heavy atom. The molecule has 1 saturated heterocycles. The van der Waals surface area contributed by atoms with Crippen LogP contribution in [-0.4, -0.2) is 44.6 Å². The lowest BCUT2D eigenvalue weighted by Gasteiger charge is -2.37. The summed E-state index contributed by atoms with van der Waals surface area (Å²) in [5.41, 5.74) is 2.55. The molecule has 0 saturated carbocycles. The van der Waals surface area contributed by atoms with Crippen LogP contribution in [0.25, 0.3) is 0 Å². The van der Waals surface area contributed by atoms with Crippen LogP contribution in [0.3, 0.4) is 0 Å². The van der Waals surface area contributed by atoms with E-state index in [-0.39, 0.29) is 6.10 Å². The zero-order valence-electron chi connectivity index (χ0n) is 12.8. The Kier molecular flexibility index (Phi) is 6.48. The molecule has 118 valence electrons. The van der Waals surface area contributed by atoms with E-state index in [0.29, 0.717) is 5.92 Å². The molecule has 2 unspecified atom stereocenters. The molecule has 5 heteroatoms. The van der Waals surface area contributed by atoms with Gasteiger partial charge >= 0.3 is 0 Å². The summed E-state index contributed by atoms with van der Waals surface area (Å²) in [4.78, 5) is 2.39. The highest BCUT2D eigenvalue weighted by atomic mass is 79.9. The molecule has 0 amide bonds. The number of halogens is 1. The molecule has 1 heterocycles. The number of methoxy groups -OCH3 is 1. The second kappa shape index (κ2) is 8.13. The zero-order chi connectivity index (χ0) is 15.2. The van der Waals surface area contributed by atoms with Gasteiger partial charge in [0.15, 0.2) is 0 Å². The molecule has 0 spiro atoms. The maximum Gasteiger partial charge on any atom is 0.0599 e. The van der Waals surface area contributed by atoms with E-state index in [2.05, 4.69) is 51.3 Å². The van der Waals surface area contributed by atoms with Gasteiger partial charge in [0.1, 0.15) is 0 Å². The monoisotopic (exact) mass is 356 g/mol. The van der Waals surface area contributed by atoms with Crippen LogP contribution in [0.15, 0.2) is 22.7 Å². The molecule has 0 aromatic heterocycles. The van der Waals surface area contributed by atoms with Gasteiger partial charge in [-0.05, 0) is 36.1 Å². The van der Waals surface area contributed by atoms with Gasteiger partial charge in [0, 0.05) is 43.4 Å². The van der Waals surface area contributed by atoms with Crippen molar-refractivity contribution in [2.24, 2.45) is 5.92 Å². The Labute approximate surface area is 135 Å². The van der Waals surface area contributed by atoms with Gasteiger partial charge < -0.3 is 20.1 Å². The Morgan fingerprint density at radius 2 is 2.29 bits per heavy atom. The minimum absolute atomic E-state index is 0.167. The number of benzene rings is 1. The van der Waals surface area contributed by atoms with Gasteiger partial charge in [-0.1, -0.05) is 22.9 Å². The molecule has 1 fully saturated rings. The summed E-state index contributed by atoms with van der Waals surface area (Å²) < 4.78 is 6.16. The van der Waals surface area contributed by atoms with Crippen LogP contribution in [0.4, 0.5) is 5.69 Å². The van der Waals surface area contributed by atoms with E-state index in [1.54, 1.807) is 7.11 Å². The van der Waals surface area contributed by atoms with Gasteiger partial charge in [0.05, 0.1) is 12.7 Å². The van der Waals surface area contributed by atoms with Gasteiger partial charge in [-0.2, -0.15) is 0 Å². The standard InChI is InChI=1S/C16H25BrN2O2/c1-12-11-19(7-5-16(12)20)15-4-3-14(17)9-13(15)10-18-6-8-21-2/h3-4,9,12,16,18,20H,5-8,10-11H2,1-2H3. The van der Waals surface area contributed by atoms with Crippen LogP contribution in [0, 0.1) is 5.92 Å². The Morgan fingerprint density at radius 3 is 3.00 bits per heavy atom. The molecule has 1 aliphatic rings. The summed E-state index contributed by atoms with van der Waals surface area (Å²) in [6, 6.07) is 6.43. The first kappa shape index (κ1) is 16.7. The lowest BCUT2D eigenvalue weighted by atomic mass is 9.95. The van der Waals surface area contributed by atoms with E-state index >= 15 is 0 Å². The summed E-state index contributed by atoms with van der Waals surface area (Å²) in [5, 5.41) is 13.3. The number of ether oxygens (including phenoxy) is 1. The molecular weight excluding hydrogens is 332 g/mol. The van der Waals surface area contributed by atoms with Crippen molar-refractivity contribution >= 4 is 21.6 Å². The van der Waals surface area contributed by atoms with Crippen LogP contribution in [0.1, 0.15) is 18.9 Å². The van der Waals surface area contributed by atoms with E-state index in [4.69, 9.17) is 4.74 Å². The van der Waals surface area contributed by atoms with Crippen LogP contribution in [-0.2, 0) is 11.3 Å². The maximum atomic E-state index is 9.90. The van der Waals surface area contributed by atoms with Crippen LogP contribution in [0.2, 0.25) is 0 Å². The zero-order valence-corrected chi connectivity index (χ0v) is 14.4. The van der Waals surface area contributed by atoms with Gasteiger partial charge in [0.25, 0.3) is 0 Å². The highest BCUT2D eigenvalue weighted by Gasteiger charge is 2.25. The normalized spacial score (nSPS) is 22.6. The van der Waals surface area contributed by atoms with Crippen molar-refractivity contribution in [3.05, 3.63) is 28.2 Å². The van der Waals surface area contributed by atoms with E-state index in [0.717, 1.165) is 43.7 Å². The summed E-state index contributed by atoms with van der Waals surface area (Å²) in [7, 11) is 1.71. The summed E-state index contributed by atoms with van der Waals surface area (Å²) in [6.07, 6.45) is 0.674. The SMILES string of the molecule is COCCNCc1cc(Br)ccc1N1CCC(O)C(C)C1. The molecule has 2 N–H and O–H groups in total. The van der Waals surface area contributed by atoms with Crippen molar-refractivity contribution in [2.45, 2.75) is 26.0 Å². The van der Waals surface area contributed by atoms with Crippen LogP contribution >= 0.6 is 15.9 Å². The minimum atomic E-state index is -0.167. The highest BCUT2D eigenvalue weighted by Crippen LogP contribution is 2.28. The molecule has 0 aliphatic carbocycles. The quantitative estimate of drug-likeness (QED) is 0.768. The van der Waals surface area contributed by atoms with Crippen LogP contribution in [0.5, 0.6) is 0 Å². The molecule has 4 nitrogen and oxygen atoms in total. The molecule has 0 bridgehead atoms. The lowest BCUT2D eigenvalue weighted by Crippen LogP contribution is -2.42. The average Bonchev–Trinajstić information content (AvgIpc) is 2.47. The Balaban J connectivity index is 2.07. The number of aliphatic hydroxyl groups is 1. The van der Waals surface area contributed by atoms with E-state index in [1.165, 1.54) is 11.3 Å². The number of aliphatic hydroxyl groups excluding tert-OH is 1. The first-order valence-corrected chi connectivity index (χ1v) is 8.32. The Bertz CT molecular complexity index is 456. The van der Waals surface area contributed by atoms with E-state index in [9.17, 15) is 5.11 Å². The number of hydrogen-bond acceptors (Lipinski definition) is 4. The number of rotatable bonds is 6. The molecule has 0 radical (unpaired) electrons. The predicted molar refractivity (Wildman–Crippen MR) is 89.7 cm³/mol. The number of hydrogen-bond donors (Lipinski definition) is 2. The maximum absolute atomic E-state index is 9.90. The average molecular weight is 357 g/mol. The molecular formula is C16H25BrN2O2. The molecule has 1 aromatic rings. The molecule has 1 aromatic carbocycles. The fourth-order valence-electron chi connectivity index (χ4n) is 2.75. The second-order valence-electron chi connectivity index (χ2n) is 5.72. The first-order valence-electron chi connectivity index (χ1n) is 7.53. The van der Waals surface area contributed by atoms with Gasteiger partial charge in [-0.25, -0.2) is 0 Å². The van der Waals surface area contributed by atoms with Crippen molar-refractivity contribution in [1.82, 2.24) is 5.32 Å². The Hall–Kier alpha value is -0.620. The van der Waals surface area contributed by atoms with E-state index < -0.39 is 0 Å². The summed E-state index contributed by atoms with van der Waals surface area (Å²) >= 11 is 3.55. The van der Waals surface area contributed by atoms with Gasteiger partial charge in [0.2, 0.25) is 0 Å². The highest BCUT2D eigenvalue weighted by molar-refractivity contribution is 9.10. The van der Waals surface area contributed by atoms with Crippen molar-refractivity contribution in [1.29, 1.82) is 0 Å². The molecule has 2 rings (SSSR count). The molecule has 1 aliphatic heterocycles.